The molecule has 33 heavy (non-hydrogen) atoms. The summed E-state index contributed by atoms with van der Waals surface area (Å²) < 4.78 is 0.994. The number of aliphatic carboxylic acids is 1. The van der Waals surface area contributed by atoms with Crippen molar-refractivity contribution in [2.45, 2.75) is 63.8 Å². The van der Waals surface area contributed by atoms with E-state index in [1.165, 1.54) is 17.3 Å². The molecule has 0 aliphatic heterocycles. The molecule has 0 aliphatic rings. The van der Waals surface area contributed by atoms with E-state index in [0.29, 0.717) is 16.2 Å². The first kappa shape index (κ1) is 25.3. The fourth-order valence-electron chi connectivity index (χ4n) is 3.95. The number of carboxylic acid groups (broad SMARTS) is 1. The summed E-state index contributed by atoms with van der Waals surface area (Å²) in [5, 5.41) is 12.8. The van der Waals surface area contributed by atoms with Gasteiger partial charge in [-0.1, -0.05) is 81.4 Å². The van der Waals surface area contributed by atoms with Crippen molar-refractivity contribution in [3.05, 3.63) is 53.3 Å². The number of rotatable bonds is 9. The van der Waals surface area contributed by atoms with Gasteiger partial charge in [-0.05, 0) is 42.7 Å². The molecule has 0 bridgehead atoms. The number of hydrogen-bond donors (Lipinski definition) is 1. The minimum absolute atomic E-state index is 0.0204. The van der Waals surface area contributed by atoms with Gasteiger partial charge >= 0.3 is 5.97 Å². The van der Waals surface area contributed by atoms with Gasteiger partial charge in [-0.25, -0.2) is 4.98 Å². The summed E-state index contributed by atoms with van der Waals surface area (Å²) >= 11 is 7.89. The summed E-state index contributed by atoms with van der Waals surface area (Å²) in [6.07, 6.45) is 1.57. The molecule has 0 saturated heterocycles. The number of Topliss-reactive ketones (excluding diaryl/α,β-unsaturated/α-hetero) is 1. The molecule has 2 aromatic carbocycles. The minimum atomic E-state index is -0.944. The van der Waals surface area contributed by atoms with E-state index in [4.69, 9.17) is 11.6 Å². The second-order valence-corrected chi connectivity index (χ2v) is 11.5. The smallest absolute Gasteiger partial charge is 0.307 e. The maximum atomic E-state index is 13.1. The summed E-state index contributed by atoms with van der Waals surface area (Å²) in [7, 11) is 0. The van der Waals surface area contributed by atoms with Gasteiger partial charge in [0.1, 0.15) is 10.9 Å². The van der Waals surface area contributed by atoms with Gasteiger partial charge in [0, 0.05) is 11.8 Å². The van der Waals surface area contributed by atoms with Crippen LogP contribution in [0.15, 0.2) is 47.8 Å². The second kappa shape index (κ2) is 9.90. The highest BCUT2D eigenvalue weighted by Gasteiger charge is 2.35. The quantitative estimate of drug-likeness (QED) is 0.330. The van der Waals surface area contributed by atoms with Crippen LogP contribution < -0.4 is 0 Å². The Morgan fingerprint density at radius 3 is 2.30 bits per heavy atom. The number of carboxylic acids is 1. The molecule has 1 atom stereocenters. The summed E-state index contributed by atoms with van der Waals surface area (Å²) in [5.41, 5.74) is 2.15. The highest BCUT2D eigenvalue weighted by atomic mass is 35.5. The Hall–Kier alpha value is -2.31. The molecule has 3 aromatic rings. The molecule has 1 heterocycles. The maximum absolute atomic E-state index is 13.1. The summed E-state index contributed by atoms with van der Waals surface area (Å²) in [5.74, 6) is -1.54. The van der Waals surface area contributed by atoms with Crippen LogP contribution in [0, 0.1) is 11.8 Å². The van der Waals surface area contributed by atoms with E-state index in [9.17, 15) is 14.7 Å². The monoisotopic (exact) mass is 486 g/mol. The molecular weight excluding hydrogens is 456 g/mol. The molecule has 0 amide bonds. The van der Waals surface area contributed by atoms with Crippen LogP contribution in [0.3, 0.4) is 0 Å². The number of ketones is 1. The summed E-state index contributed by atoms with van der Waals surface area (Å²) in [4.78, 5) is 29.2. The number of nitrogens with zero attached hydrogens (tertiary/aromatic N) is 2. The topological polar surface area (TPSA) is 72.2 Å². The molecule has 1 aromatic heterocycles. The summed E-state index contributed by atoms with van der Waals surface area (Å²) in [6.45, 7) is 11.6. The number of benzene rings is 2. The molecule has 1 unspecified atom stereocenters. The van der Waals surface area contributed by atoms with Crippen LogP contribution >= 0.6 is 23.4 Å². The SMILES string of the molecule is CC(C)c1ccc(-n2c(Cl)cnc2SC(C)(C)C(=O)CC(C(=O)O)C(C)C)c2ccccc12. The number of fused-ring (bicyclic) bond motifs is 1. The molecule has 7 heteroatoms. The van der Waals surface area contributed by atoms with Gasteiger partial charge in [0.2, 0.25) is 0 Å². The van der Waals surface area contributed by atoms with Gasteiger partial charge < -0.3 is 5.11 Å². The van der Waals surface area contributed by atoms with Crippen LogP contribution in [0.5, 0.6) is 0 Å². The zero-order chi connectivity index (χ0) is 24.5. The second-order valence-electron chi connectivity index (χ2n) is 9.50. The molecule has 0 aliphatic carbocycles. The standard InChI is InChI=1S/C26H31ClN2O3S/c1-15(2)17-11-12-21(19-10-8-7-9-18(17)19)29-23(27)14-28-25(29)33-26(5,6)22(30)13-20(16(3)4)24(31)32/h7-12,14-16,20H,13H2,1-6H3,(H,31,32). The van der Waals surface area contributed by atoms with Crippen LogP contribution in [0.25, 0.3) is 16.5 Å². The number of aromatic nitrogens is 2. The van der Waals surface area contributed by atoms with Crippen molar-refractivity contribution in [1.29, 1.82) is 0 Å². The van der Waals surface area contributed by atoms with E-state index >= 15 is 0 Å². The van der Waals surface area contributed by atoms with E-state index in [-0.39, 0.29) is 18.1 Å². The van der Waals surface area contributed by atoms with Crippen LogP contribution in [0.4, 0.5) is 0 Å². The Kier molecular flexibility index (Phi) is 7.59. The number of hydrogen-bond acceptors (Lipinski definition) is 4. The van der Waals surface area contributed by atoms with Crippen LogP contribution in [-0.2, 0) is 9.59 Å². The summed E-state index contributed by atoms with van der Waals surface area (Å²) in [6, 6.07) is 12.4. The van der Waals surface area contributed by atoms with Gasteiger partial charge in [-0.2, -0.15) is 0 Å². The van der Waals surface area contributed by atoms with Crippen molar-refractivity contribution >= 4 is 45.9 Å². The van der Waals surface area contributed by atoms with E-state index in [0.717, 1.165) is 16.5 Å². The number of carbonyl (C=O) groups is 2. The molecule has 0 fully saturated rings. The van der Waals surface area contributed by atoms with Gasteiger partial charge in [0.25, 0.3) is 0 Å². The van der Waals surface area contributed by atoms with E-state index in [1.54, 1.807) is 6.20 Å². The lowest BCUT2D eigenvalue weighted by Gasteiger charge is -2.25. The van der Waals surface area contributed by atoms with Crippen molar-refractivity contribution in [1.82, 2.24) is 9.55 Å². The van der Waals surface area contributed by atoms with Crippen molar-refractivity contribution in [3.8, 4) is 5.69 Å². The lowest BCUT2D eigenvalue weighted by molar-refractivity contribution is -0.145. The minimum Gasteiger partial charge on any atom is -0.481 e. The molecular formula is C26H31ClN2O3S. The highest BCUT2D eigenvalue weighted by molar-refractivity contribution is 8.01. The van der Waals surface area contributed by atoms with Gasteiger partial charge in [-0.15, -0.1) is 0 Å². The van der Waals surface area contributed by atoms with Crippen LogP contribution in [0.1, 0.15) is 59.4 Å². The third-order valence-corrected chi connectivity index (χ3v) is 7.50. The normalized spacial score (nSPS) is 13.1. The molecule has 5 nitrogen and oxygen atoms in total. The number of thioether (sulfide) groups is 1. The zero-order valence-corrected chi connectivity index (χ0v) is 21.5. The van der Waals surface area contributed by atoms with Gasteiger partial charge in [0.15, 0.2) is 5.16 Å². The first-order valence-electron chi connectivity index (χ1n) is 11.1. The molecule has 176 valence electrons. The highest BCUT2D eigenvalue weighted by Crippen LogP contribution is 2.39. The maximum Gasteiger partial charge on any atom is 0.307 e. The van der Waals surface area contributed by atoms with Crippen molar-refractivity contribution < 1.29 is 14.7 Å². The third-order valence-electron chi connectivity index (χ3n) is 6.03. The Bertz CT molecular complexity index is 1180. The van der Waals surface area contributed by atoms with Crippen molar-refractivity contribution in [2.24, 2.45) is 11.8 Å². The first-order chi connectivity index (χ1) is 15.4. The Morgan fingerprint density at radius 1 is 1.09 bits per heavy atom. The lowest BCUT2D eigenvalue weighted by atomic mass is 9.88. The van der Waals surface area contributed by atoms with Crippen molar-refractivity contribution in [2.75, 3.05) is 0 Å². The van der Waals surface area contributed by atoms with E-state index in [2.05, 4.69) is 37.0 Å². The van der Waals surface area contributed by atoms with Gasteiger partial charge in [0.05, 0.1) is 22.5 Å². The molecule has 0 radical (unpaired) electrons. The van der Waals surface area contributed by atoms with E-state index in [1.807, 2.05) is 50.5 Å². The fraction of sp³-hybridized carbons (Fsp3) is 0.423. The average molecular weight is 487 g/mol. The molecule has 0 spiro atoms. The third kappa shape index (κ3) is 5.28. The first-order valence-corrected chi connectivity index (χ1v) is 12.3. The van der Waals surface area contributed by atoms with Crippen LogP contribution in [-0.4, -0.2) is 31.2 Å². The Morgan fingerprint density at radius 2 is 1.73 bits per heavy atom. The Labute approximate surface area is 204 Å². The predicted octanol–water partition coefficient (Wildman–Crippen LogP) is 6.99. The molecule has 0 saturated carbocycles. The number of imidazole rings is 1. The van der Waals surface area contributed by atoms with Crippen LogP contribution in [0.2, 0.25) is 5.15 Å². The van der Waals surface area contributed by atoms with Gasteiger partial charge in [-0.3, -0.25) is 14.2 Å². The fourth-order valence-corrected chi connectivity index (χ4v) is 5.27. The molecule has 1 N–H and O–H groups in total. The Balaban J connectivity index is 2.01. The number of carbonyl (C=O) groups excluding carboxylic acids is 1. The predicted molar refractivity (Wildman–Crippen MR) is 136 cm³/mol. The zero-order valence-electron chi connectivity index (χ0n) is 19.9. The average Bonchev–Trinajstić information content (AvgIpc) is 3.09. The molecule has 3 rings (SSSR count). The largest absolute Gasteiger partial charge is 0.481 e. The van der Waals surface area contributed by atoms with Crippen molar-refractivity contribution in [3.63, 3.8) is 0 Å². The number of halogens is 1. The van der Waals surface area contributed by atoms with E-state index < -0.39 is 16.6 Å². The lowest BCUT2D eigenvalue weighted by Crippen LogP contribution is -2.33.